The first kappa shape index (κ1) is 13.7. The number of rotatable bonds is 3. The van der Waals surface area contributed by atoms with Crippen molar-refractivity contribution in [3.8, 4) is 0 Å². The SMILES string of the molecule is O=S(O)N(c1ccccc1Br)c1ccccc1Br. The fourth-order valence-electron chi connectivity index (χ4n) is 1.53. The van der Waals surface area contributed by atoms with Gasteiger partial charge in [0.2, 0.25) is 0 Å². The van der Waals surface area contributed by atoms with Crippen LogP contribution in [0.25, 0.3) is 0 Å². The molecular weight excluding hydrogens is 382 g/mol. The first-order valence-electron chi connectivity index (χ1n) is 5.01. The average Bonchev–Trinajstić information content (AvgIpc) is 2.34. The van der Waals surface area contributed by atoms with Crippen molar-refractivity contribution < 1.29 is 8.76 Å². The molecule has 0 aromatic heterocycles. The average molecular weight is 391 g/mol. The maximum absolute atomic E-state index is 11.6. The summed E-state index contributed by atoms with van der Waals surface area (Å²) in [5.41, 5.74) is 1.26. The van der Waals surface area contributed by atoms with Crippen LogP contribution in [0.3, 0.4) is 0 Å². The van der Waals surface area contributed by atoms with Crippen molar-refractivity contribution in [2.45, 2.75) is 0 Å². The number of anilines is 2. The van der Waals surface area contributed by atoms with Crippen molar-refractivity contribution >= 4 is 54.5 Å². The molecule has 2 aromatic carbocycles. The molecular formula is C12H9Br2NO2S. The summed E-state index contributed by atoms with van der Waals surface area (Å²) in [4.78, 5) is 0. The molecule has 94 valence electrons. The van der Waals surface area contributed by atoms with Crippen LogP contribution >= 0.6 is 31.9 Å². The van der Waals surface area contributed by atoms with Crippen molar-refractivity contribution in [2.75, 3.05) is 4.31 Å². The molecule has 0 saturated heterocycles. The highest BCUT2D eigenvalue weighted by Gasteiger charge is 2.19. The molecule has 0 saturated carbocycles. The van der Waals surface area contributed by atoms with E-state index in [2.05, 4.69) is 31.9 Å². The predicted molar refractivity (Wildman–Crippen MR) is 81.2 cm³/mol. The summed E-state index contributed by atoms with van der Waals surface area (Å²) in [5, 5.41) is 0. The lowest BCUT2D eigenvalue weighted by Crippen LogP contribution is -2.20. The van der Waals surface area contributed by atoms with Gasteiger partial charge in [-0.05, 0) is 56.1 Å². The van der Waals surface area contributed by atoms with Crippen LogP contribution < -0.4 is 4.31 Å². The van der Waals surface area contributed by atoms with Crippen LogP contribution in [-0.4, -0.2) is 8.76 Å². The normalized spacial score (nSPS) is 12.2. The summed E-state index contributed by atoms with van der Waals surface area (Å²) in [6.07, 6.45) is 0. The van der Waals surface area contributed by atoms with Crippen LogP contribution in [0.15, 0.2) is 57.5 Å². The van der Waals surface area contributed by atoms with Crippen LogP contribution in [0, 0.1) is 0 Å². The standard InChI is InChI=1S/C12H9Br2NO2S/c13-9-5-1-3-7-11(9)15(18(16)17)12-8-4-2-6-10(12)14/h1-8H,(H,16,17). The van der Waals surface area contributed by atoms with Gasteiger partial charge in [0.25, 0.3) is 11.3 Å². The quantitative estimate of drug-likeness (QED) is 0.784. The number of hydrogen-bond donors (Lipinski definition) is 1. The summed E-state index contributed by atoms with van der Waals surface area (Å²) >= 11 is 4.62. The zero-order valence-corrected chi connectivity index (χ0v) is 13.1. The molecule has 1 N–H and O–H groups in total. The summed E-state index contributed by atoms with van der Waals surface area (Å²) in [5.74, 6) is 0. The van der Waals surface area contributed by atoms with Gasteiger partial charge < -0.3 is 0 Å². The number of halogens is 2. The Hall–Kier alpha value is -0.690. The highest BCUT2D eigenvalue weighted by atomic mass is 79.9. The molecule has 0 aliphatic heterocycles. The van der Waals surface area contributed by atoms with Gasteiger partial charge in [-0.3, -0.25) is 4.55 Å². The van der Waals surface area contributed by atoms with E-state index in [1.165, 1.54) is 4.31 Å². The molecule has 0 amide bonds. The molecule has 1 unspecified atom stereocenters. The number of para-hydroxylation sites is 2. The lowest BCUT2D eigenvalue weighted by atomic mass is 10.3. The molecule has 0 fully saturated rings. The number of nitrogens with zero attached hydrogens (tertiary/aromatic N) is 1. The van der Waals surface area contributed by atoms with E-state index in [0.717, 1.165) is 8.95 Å². The van der Waals surface area contributed by atoms with Crippen molar-refractivity contribution in [3.63, 3.8) is 0 Å². The van der Waals surface area contributed by atoms with E-state index in [1.807, 2.05) is 36.4 Å². The lowest BCUT2D eigenvalue weighted by molar-refractivity contribution is 0.564. The molecule has 0 aliphatic rings. The topological polar surface area (TPSA) is 40.5 Å². The Morgan fingerprint density at radius 2 is 1.28 bits per heavy atom. The Morgan fingerprint density at radius 3 is 1.61 bits per heavy atom. The molecule has 0 aliphatic carbocycles. The van der Waals surface area contributed by atoms with Crippen LogP contribution in [0.2, 0.25) is 0 Å². The first-order chi connectivity index (χ1) is 8.61. The molecule has 2 aromatic rings. The minimum Gasteiger partial charge on any atom is -0.289 e. The second kappa shape index (κ2) is 5.97. The Balaban J connectivity index is 2.58. The van der Waals surface area contributed by atoms with Crippen LogP contribution in [0.4, 0.5) is 11.4 Å². The molecule has 0 heterocycles. The molecule has 3 nitrogen and oxygen atoms in total. The molecule has 0 spiro atoms. The maximum atomic E-state index is 11.6. The largest absolute Gasteiger partial charge is 0.289 e. The van der Waals surface area contributed by atoms with E-state index < -0.39 is 11.3 Å². The van der Waals surface area contributed by atoms with Crippen molar-refractivity contribution in [3.05, 3.63) is 57.5 Å². The Kier molecular flexibility index (Phi) is 4.55. The van der Waals surface area contributed by atoms with Gasteiger partial charge in [0.15, 0.2) is 0 Å². The highest BCUT2D eigenvalue weighted by Crippen LogP contribution is 2.36. The van der Waals surface area contributed by atoms with E-state index in [1.54, 1.807) is 12.1 Å². The van der Waals surface area contributed by atoms with Gasteiger partial charge in [-0.1, -0.05) is 24.3 Å². The highest BCUT2D eigenvalue weighted by molar-refractivity contribution is 9.11. The second-order valence-electron chi connectivity index (χ2n) is 3.43. The zero-order chi connectivity index (χ0) is 13.1. The summed E-state index contributed by atoms with van der Waals surface area (Å²) in [6, 6.07) is 14.5. The first-order valence-corrected chi connectivity index (χ1v) is 7.66. The minimum atomic E-state index is -2.15. The third-order valence-electron chi connectivity index (χ3n) is 2.30. The van der Waals surface area contributed by atoms with Crippen molar-refractivity contribution in [1.82, 2.24) is 0 Å². The Bertz CT molecular complexity index is 546. The van der Waals surface area contributed by atoms with Gasteiger partial charge in [0.05, 0.1) is 11.4 Å². The summed E-state index contributed by atoms with van der Waals surface area (Å²) < 4.78 is 24.0. The van der Waals surface area contributed by atoms with Crippen LogP contribution in [-0.2, 0) is 11.3 Å². The molecule has 2 rings (SSSR count). The van der Waals surface area contributed by atoms with E-state index in [-0.39, 0.29) is 0 Å². The van der Waals surface area contributed by atoms with Gasteiger partial charge in [-0.15, -0.1) is 0 Å². The molecule has 0 radical (unpaired) electrons. The third kappa shape index (κ3) is 2.83. The second-order valence-corrected chi connectivity index (χ2v) is 5.96. The monoisotopic (exact) mass is 389 g/mol. The molecule has 1 atom stereocenters. The van der Waals surface area contributed by atoms with E-state index in [0.29, 0.717) is 11.4 Å². The van der Waals surface area contributed by atoms with Crippen molar-refractivity contribution in [2.24, 2.45) is 0 Å². The minimum absolute atomic E-state index is 0.630. The summed E-state index contributed by atoms with van der Waals surface area (Å²) in [6.45, 7) is 0. The van der Waals surface area contributed by atoms with Gasteiger partial charge in [-0.25, -0.2) is 8.51 Å². The fraction of sp³-hybridized carbons (Fsp3) is 0. The predicted octanol–water partition coefficient (Wildman–Crippen LogP) is 4.49. The lowest BCUT2D eigenvalue weighted by Gasteiger charge is -2.22. The number of benzene rings is 2. The fourth-order valence-corrected chi connectivity index (χ4v) is 3.34. The molecule has 6 heteroatoms. The van der Waals surface area contributed by atoms with E-state index in [9.17, 15) is 8.76 Å². The molecule has 18 heavy (non-hydrogen) atoms. The Labute approximate surface area is 124 Å². The van der Waals surface area contributed by atoms with Crippen LogP contribution in [0.1, 0.15) is 0 Å². The van der Waals surface area contributed by atoms with Gasteiger partial charge in [0.1, 0.15) is 0 Å². The molecule has 0 bridgehead atoms. The van der Waals surface area contributed by atoms with Crippen molar-refractivity contribution in [1.29, 1.82) is 0 Å². The maximum Gasteiger partial charge on any atom is 0.266 e. The third-order valence-corrected chi connectivity index (χ3v) is 4.35. The van der Waals surface area contributed by atoms with E-state index >= 15 is 0 Å². The van der Waals surface area contributed by atoms with Gasteiger partial charge in [0, 0.05) is 8.95 Å². The van der Waals surface area contributed by atoms with Gasteiger partial charge >= 0.3 is 0 Å². The zero-order valence-electron chi connectivity index (χ0n) is 9.09. The van der Waals surface area contributed by atoms with E-state index in [4.69, 9.17) is 0 Å². The Morgan fingerprint density at radius 1 is 0.889 bits per heavy atom. The summed E-state index contributed by atoms with van der Waals surface area (Å²) in [7, 11) is 0. The van der Waals surface area contributed by atoms with Gasteiger partial charge in [-0.2, -0.15) is 0 Å². The van der Waals surface area contributed by atoms with Crippen LogP contribution in [0.5, 0.6) is 0 Å². The number of hydrogen-bond acceptors (Lipinski definition) is 1. The smallest absolute Gasteiger partial charge is 0.266 e.